The number of halogens is 1. The Morgan fingerprint density at radius 3 is 2.35 bits per heavy atom. The first kappa shape index (κ1) is 29.1. The number of anilines is 1. The van der Waals surface area contributed by atoms with Crippen LogP contribution >= 0.6 is 0 Å². The lowest BCUT2D eigenvalue weighted by Gasteiger charge is -2.29. The Labute approximate surface area is 207 Å². The number of hydrogen-bond acceptors (Lipinski definition) is 3. The zero-order chi connectivity index (χ0) is 25.9. The second kappa shape index (κ2) is 13.7. The summed E-state index contributed by atoms with van der Waals surface area (Å²) in [5, 5.41) is 3.33. The average molecular weight is 470 g/mol. The molecule has 0 spiro atoms. The second-order valence-corrected chi connectivity index (χ2v) is 9.46. The Balaban J connectivity index is 0.0000116. The average Bonchev–Trinajstić information content (AvgIpc) is 2.78. The lowest BCUT2D eigenvalue weighted by Crippen LogP contribution is -2.37. The first-order valence-electron chi connectivity index (χ1n) is 12.0. The Morgan fingerprint density at radius 1 is 1.24 bits per heavy atom. The van der Waals surface area contributed by atoms with Crippen LogP contribution in [-0.4, -0.2) is 29.6 Å². The molecular formula is C29H44FN3O. The quantitative estimate of drug-likeness (QED) is 0.173. The summed E-state index contributed by atoms with van der Waals surface area (Å²) in [6.07, 6.45) is 6.27. The Morgan fingerprint density at radius 2 is 1.85 bits per heavy atom. The van der Waals surface area contributed by atoms with Gasteiger partial charge in [-0.1, -0.05) is 65.6 Å². The van der Waals surface area contributed by atoms with Crippen LogP contribution in [0.3, 0.4) is 0 Å². The van der Waals surface area contributed by atoms with Crippen LogP contribution in [0.4, 0.5) is 10.1 Å². The minimum atomic E-state index is -1.39. The second-order valence-electron chi connectivity index (χ2n) is 9.46. The maximum Gasteiger partial charge on any atom is 0.180 e. The van der Waals surface area contributed by atoms with E-state index in [2.05, 4.69) is 48.8 Å². The maximum absolute atomic E-state index is 15.0. The monoisotopic (exact) mass is 469 g/mol. The highest BCUT2D eigenvalue weighted by Gasteiger charge is 2.29. The molecular weight excluding hydrogens is 425 g/mol. The van der Waals surface area contributed by atoms with Gasteiger partial charge in [0, 0.05) is 26.4 Å². The smallest absolute Gasteiger partial charge is 0.180 e. The number of alkyl halides is 1. The number of benzene rings is 1. The van der Waals surface area contributed by atoms with Crippen molar-refractivity contribution in [3.63, 3.8) is 0 Å². The summed E-state index contributed by atoms with van der Waals surface area (Å²) in [5.74, 6) is 0.895. The molecule has 1 unspecified atom stereocenters. The van der Waals surface area contributed by atoms with Gasteiger partial charge in [-0.2, -0.15) is 0 Å². The summed E-state index contributed by atoms with van der Waals surface area (Å²) in [6, 6.07) is 7.36. The summed E-state index contributed by atoms with van der Waals surface area (Å²) in [4.78, 5) is 18.6. The van der Waals surface area contributed by atoms with Crippen molar-refractivity contribution in [3.05, 3.63) is 79.2 Å². The molecule has 0 aliphatic rings. The van der Waals surface area contributed by atoms with Gasteiger partial charge in [-0.05, 0) is 67.9 Å². The Hall–Kier alpha value is -2.95. The molecule has 0 bridgehead atoms. The third kappa shape index (κ3) is 8.77. The molecule has 0 radical (unpaired) electrons. The highest BCUT2D eigenvalue weighted by atomic mass is 19.1. The summed E-state index contributed by atoms with van der Waals surface area (Å²) in [7, 11) is 0. The number of carbonyl (C=O) groups is 1. The number of nitrogens with one attached hydrogen (secondary N) is 1. The van der Waals surface area contributed by atoms with Crippen molar-refractivity contribution in [1.29, 1.82) is 0 Å². The summed E-state index contributed by atoms with van der Waals surface area (Å²) >= 11 is 0. The molecule has 1 rings (SSSR count). The predicted octanol–water partition coefficient (Wildman–Crippen LogP) is 7.68. The van der Waals surface area contributed by atoms with Crippen LogP contribution < -0.4 is 5.32 Å². The van der Waals surface area contributed by atoms with Crippen molar-refractivity contribution in [2.45, 2.75) is 60.1 Å². The molecule has 34 heavy (non-hydrogen) atoms. The molecule has 1 N–H and O–H groups in total. The van der Waals surface area contributed by atoms with E-state index in [-0.39, 0.29) is 13.1 Å². The first-order chi connectivity index (χ1) is 15.9. The van der Waals surface area contributed by atoms with Crippen LogP contribution in [0.25, 0.3) is 0 Å². The van der Waals surface area contributed by atoms with E-state index >= 15 is 0 Å². The van der Waals surface area contributed by atoms with Crippen molar-refractivity contribution in [3.8, 4) is 0 Å². The Kier molecular flexibility index (Phi) is 11.7. The van der Waals surface area contributed by atoms with E-state index in [0.717, 1.165) is 24.5 Å². The number of aliphatic imine (C=N–C) groups is 1. The molecule has 0 fully saturated rings. The third-order valence-electron chi connectivity index (χ3n) is 5.77. The van der Waals surface area contributed by atoms with Gasteiger partial charge in [-0.25, -0.2) is 9.38 Å². The minimum Gasteiger partial charge on any atom is -0.355 e. The molecule has 0 aromatic heterocycles. The molecule has 0 amide bonds. The minimum absolute atomic E-state index is 0. The number of nitrogens with zero attached hydrogens (tertiary/aromatic N) is 2. The van der Waals surface area contributed by atoms with Crippen molar-refractivity contribution < 1.29 is 10.6 Å². The topological polar surface area (TPSA) is 44.7 Å². The standard InChI is InChI=1S/C29H42FN3O.H2/c1-10-18-31-28(33(20-21(3)4)19-12-13-23(7)27(34)11-2)24(8)32-26-16-14-25(15-17-26)29(9,30)22(5)6;/h10-11,14-18,21-22,32H,2,7-8,12-13,19-20H2,1,3-6,9H3;1H/b18-10-,31-28?;. The number of amidine groups is 1. The molecule has 1 atom stereocenters. The van der Waals surface area contributed by atoms with Crippen molar-refractivity contribution in [1.82, 2.24) is 4.90 Å². The van der Waals surface area contributed by atoms with Crippen LogP contribution in [-0.2, 0) is 10.5 Å². The SMILES string of the molecule is C=CC(=O)C(=C)CCCN(CC(C)C)C(=N/C=C\C)C(=C)Nc1ccc(C(C)(F)C(C)C)cc1.[HH]. The molecule has 1 aromatic rings. The molecule has 0 heterocycles. The van der Waals surface area contributed by atoms with Gasteiger partial charge in [-0.15, -0.1) is 0 Å². The molecule has 0 saturated heterocycles. The molecule has 188 valence electrons. The maximum atomic E-state index is 15.0. The van der Waals surface area contributed by atoms with Gasteiger partial charge in [0.15, 0.2) is 11.6 Å². The van der Waals surface area contributed by atoms with Crippen LogP contribution in [0.15, 0.2) is 78.6 Å². The van der Waals surface area contributed by atoms with Gasteiger partial charge < -0.3 is 10.2 Å². The van der Waals surface area contributed by atoms with Gasteiger partial charge in [-0.3, -0.25) is 4.79 Å². The normalized spacial score (nSPS) is 13.7. The predicted molar refractivity (Wildman–Crippen MR) is 147 cm³/mol. The van der Waals surface area contributed by atoms with E-state index in [0.29, 0.717) is 35.7 Å². The summed E-state index contributed by atoms with van der Waals surface area (Å²) in [5.41, 5.74) is 1.29. The van der Waals surface area contributed by atoms with Crippen LogP contribution in [0, 0.1) is 11.8 Å². The van der Waals surface area contributed by atoms with Crippen LogP contribution in [0.5, 0.6) is 0 Å². The Bertz CT molecular complexity index is 914. The zero-order valence-corrected chi connectivity index (χ0v) is 21.8. The van der Waals surface area contributed by atoms with Gasteiger partial charge in [0.1, 0.15) is 5.67 Å². The summed E-state index contributed by atoms with van der Waals surface area (Å²) in [6.45, 7) is 24.7. The molecule has 0 saturated carbocycles. The van der Waals surface area contributed by atoms with Gasteiger partial charge in [0.05, 0.1) is 5.70 Å². The molecule has 0 aliphatic heterocycles. The molecule has 1 aromatic carbocycles. The number of ketones is 1. The summed E-state index contributed by atoms with van der Waals surface area (Å²) < 4.78 is 15.0. The molecule has 4 nitrogen and oxygen atoms in total. The van der Waals surface area contributed by atoms with Crippen LogP contribution in [0.1, 0.15) is 61.4 Å². The van der Waals surface area contributed by atoms with Gasteiger partial charge in [0.25, 0.3) is 0 Å². The fraction of sp³-hybridized carbons (Fsp3) is 0.448. The number of rotatable bonds is 14. The van der Waals surface area contributed by atoms with E-state index in [1.54, 1.807) is 13.1 Å². The number of allylic oxidation sites excluding steroid dienone is 3. The van der Waals surface area contributed by atoms with E-state index in [4.69, 9.17) is 0 Å². The number of carbonyl (C=O) groups excluding carboxylic acids is 1. The van der Waals surface area contributed by atoms with E-state index in [9.17, 15) is 9.18 Å². The fourth-order valence-corrected chi connectivity index (χ4v) is 3.41. The third-order valence-corrected chi connectivity index (χ3v) is 5.77. The van der Waals surface area contributed by atoms with E-state index in [1.807, 2.05) is 51.1 Å². The molecule has 5 heteroatoms. The van der Waals surface area contributed by atoms with Crippen molar-refractivity contribution in [2.24, 2.45) is 16.8 Å². The first-order valence-corrected chi connectivity index (χ1v) is 12.0. The lowest BCUT2D eigenvalue weighted by atomic mass is 9.87. The van der Waals surface area contributed by atoms with Crippen LogP contribution in [0.2, 0.25) is 0 Å². The highest BCUT2D eigenvalue weighted by Crippen LogP contribution is 2.34. The fourth-order valence-electron chi connectivity index (χ4n) is 3.41. The highest BCUT2D eigenvalue weighted by molar-refractivity contribution is 6.03. The largest absolute Gasteiger partial charge is 0.355 e. The van der Waals surface area contributed by atoms with Crippen molar-refractivity contribution in [2.75, 3.05) is 18.4 Å². The van der Waals surface area contributed by atoms with E-state index < -0.39 is 5.67 Å². The van der Waals surface area contributed by atoms with Gasteiger partial charge in [0.2, 0.25) is 0 Å². The van der Waals surface area contributed by atoms with E-state index in [1.165, 1.54) is 6.08 Å². The molecule has 0 aliphatic carbocycles. The zero-order valence-electron chi connectivity index (χ0n) is 21.8. The lowest BCUT2D eigenvalue weighted by molar-refractivity contribution is -0.111. The van der Waals surface area contributed by atoms with Gasteiger partial charge >= 0.3 is 0 Å². The number of hydrogen-bond donors (Lipinski definition) is 1. The van der Waals surface area contributed by atoms with Crippen molar-refractivity contribution >= 4 is 17.3 Å².